The van der Waals surface area contributed by atoms with Crippen molar-refractivity contribution in [1.29, 1.82) is 0 Å². The number of carbonyl (C=O) groups excluding carboxylic acids is 1. The van der Waals surface area contributed by atoms with Crippen LogP contribution in [-0.2, 0) is 11.3 Å². The Morgan fingerprint density at radius 3 is 2.76 bits per heavy atom. The highest BCUT2D eigenvalue weighted by Crippen LogP contribution is 2.27. The number of aryl methyl sites for hydroxylation is 1. The van der Waals surface area contributed by atoms with Gasteiger partial charge < -0.3 is 9.88 Å². The fraction of sp³-hybridized carbons (Fsp3) is 0.263. The number of amides is 1. The summed E-state index contributed by atoms with van der Waals surface area (Å²) in [4.78, 5) is 17.1. The van der Waals surface area contributed by atoms with E-state index in [1.807, 2.05) is 35.8 Å². The molecule has 0 radical (unpaired) electrons. The SMILES string of the molecule is Cc1ccc(NC(=O)Cn2c(SC(C)C)nc3ccccc32)c(F)c1. The summed E-state index contributed by atoms with van der Waals surface area (Å²) in [5.41, 5.74) is 2.75. The summed E-state index contributed by atoms with van der Waals surface area (Å²) in [5.74, 6) is -0.711. The van der Waals surface area contributed by atoms with Gasteiger partial charge in [-0.3, -0.25) is 4.79 Å². The van der Waals surface area contributed by atoms with Crippen LogP contribution in [0.25, 0.3) is 11.0 Å². The first-order valence-electron chi connectivity index (χ1n) is 8.12. The second kappa shape index (κ2) is 7.27. The van der Waals surface area contributed by atoms with E-state index >= 15 is 0 Å². The molecule has 0 saturated heterocycles. The van der Waals surface area contributed by atoms with Crippen molar-refractivity contribution in [3.05, 3.63) is 53.8 Å². The number of para-hydroxylation sites is 2. The lowest BCUT2D eigenvalue weighted by molar-refractivity contribution is -0.116. The predicted molar refractivity (Wildman–Crippen MR) is 100 cm³/mol. The summed E-state index contributed by atoms with van der Waals surface area (Å²) in [6.07, 6.45) is 0. The normalized spacial score (nSPS) is 11.2. The molecule has 1 N–H and O–H groups in total. The Hall–Kier alpha value is -2.34. The molecule has 1 heterocycles. The third kappa shape index (κ3) is 4.02. The van der Waals surface area contributed by atoms with Crippen LogP contribution in [0.3, 0.4) is 0 Å². The average molecular weight is 357 g/mol. The summed E-state index contributed by atoms with van der Waals surface area (Å²) >= 11 is 1.60. The summed E-state index contributed by atoms with van der Waals surface area (Å²) in [7, 11) is 0. The lowest BCUT2D eigenvalue weighted by Crippen LogP contribution is -2.20. The van der Waals surface area contributed by atoms with Gasteiger partial charge in [-0.05, 0) is 36.8 Å². The maximum absolute atomic E-state index is 14.0. The first-order valence-corrected chi connectivity index (χ1v) is 9.00. The van der Waals surface area contributed by atoms with Gasteiger partial charge >= 0.3 is 0 Å². The smallest absolute Gasteiger partial charge is 0.244 e. The largest absolute Gasteiger partial charge is 0.322 e. The minimum atomic E-state index is -0.430. The van der Waals surface area contributed by atoms with Crippen LogP contribution in [0.5, 0.6) is 0 Å². The highest BCUT2D eigenvalue weighted by atomic mass is 32.2. The maximum atomic E-state index is 14.0. The first kappa shape index (κ1) is 17.5. The molecule has 0 aliphatic heterocycles. The molecule has 2 aromatic carbocycles. The Morgan fingerprint density at radius 1 is 1.28 bits per heavy atom. The Balaban J connectivity index is 1.87. The highest BCUT2D eigenvalue weighted by molar-refractivity contribution is 7.99. The number of nitrogens with zero attached hydrogens (tertiary/aromatic N) is 2. The molecule has 4 nitrogen and oxygen atoms in total. The van der Waals surface area contributed by atoms with Crippen LogP contribution in [0.1, 0.15) is 19.4 Å². The van der Waals surface area contributed by atoms with E-state index in [1.54, 1.807) is 23.9 Å². The molecule has 0 bridgehead atoms. The number of carbonyl (C=O) groups is 1. The maximum Gasteiger partial charge on any atom is 0.244 e. The highest BCUT2D eigenvalue weighted by Gasteiger charge is 2.16. The monoisotopic (exact) mass is 357 g/mol. The van der Waals surface area contributed by atoms with E-state index in [2.05, 4.69) is 24.1 Å². The number of aromatic nitrogens is 2. The van der Waals surface area contributed by atoms with Gasteiger partial charge in [0.25, 0.3) is 0 Å². The average Bonchev–Trinajstić information content (AvgIpc) is 2.87. The molecule has 3 aromatic rings. The fourth-order valence-electron chi connectivity index (χ4n) is 2.56. The number of hydrogen-bond donors (Lipinski definition) is 1. The summed E-state index contributed by atoms with van der Waals surface area (Å²) in [6, 6.07) is 12.5. The van der Waals surface area contributed by atoms with Gasteiger partial charge in [0.15, 0.2) is 5.16 Å². The van der Waals surface area contributed by atoms with E-state index in [0.29, 0.717) is 5.25 Å². The topological polar surface area (TPSA) is 46.9 Å². The quantitative estimate of drug-likeness (QED) is 0.678. The zero-order chi connectivity index (χ0) is 18.0. The van der Waals surface area contributed by atoms with Crippen molar-refractivity contribution < 1.29 is 9.18 Å². The van der Waals surface area contributed by atoms with E-state index in [-0.39, 0.29) is 18.1 Å². The number of fused-ring (bicyclic) bond motifs is 1. The van der Waals surface area contributed by atoms with E-state index in [9.17, 15) is 9.18 Å². The molecule has 1 amide bonds. The Morgan fingerprint density at radius 2 is 2.04 bits per heavy atom. The van der Waals surface area contributed by atoms with E-state index < -0.39 is 5.82 Å². The zero-order valence-electron chi connectivity index (χ0n) is 14.4. The van der Waals surface area contributed by atoms with Crippen molar-refractivity contribution in [3.63, 3.8) is 0 Å². The lowest BCUT2D eigenvalue weighted by atomic mass is 10.2. The van der Waals surface area contributed by atoms with Gasteiger partial charge in [-0.15, -0.1) is 0 Å². The van der Waals surface area contributed by atoms with Crippen LogP contribution in [0, 0.1) is 12.7 Å². The predicted octanol–water partition coefficient (Wildman–Crippen LogP) is 4.62. The van der Waals surface area contributed by atoms with Crippen LogP contribution < -0.4 is 5.32 Å². The molecule has 0 aliphatic carbocycles. The second-order valence-electron chi connectivity index (χ2n) is 6.17. The third-order valence-corrected chi connectivity index (χ3v) is 4.65. The van der Waals surface area contributed by atoms with E-state index in [0.717, 1.165) is 21.8 Å². The van der Waals surface area contributed by atoms with Gasteiger partial charge in [-0.2, -0.15) is 0 Å². The molecule has 3 rings (SSSR count). The Kier molecular flexibility index (Phi) is 5.08. The Labute approximate surface area is 150 Å². The van der Waals surface area contributed by atoms with Crippen molar-refractivity contribution in [2.24, 2.45) is 0 Å². The fourth-order valence-corrected chi connectivity index (χ4v) is 3.42. The molecule has 0 spiro atoms. The van der Waals surface area contributed by atoms with Crippen LogP contribution in [0.15, 0.2) is 47.6 Å². The Bertz CT molecular complexity index is 920. The summed E-state index contributed by atoms with van der Waals surface area (Å²) in [6.45, 7) is 6.05. The van der Waals surface area contributed by atoms with Gasteiger partial charge in [0, 0.05) is 5.25 Å². The zero-order valence-corrected chi connectivity index (χ0v) is 15.2. The molecular weight excluding hydrogens is 337 g/mol. The minimum Gasteiger partial charge on any atom is -0.322 e. The van der Waals surface area contributed by atoms with E-state index in [4.69, 9.17) is 0 Å². The number of benzene rings is 2. The number of hydrogen-bond acceptors (Lipinski definition) is 3. The number of rotatable bonds is 5. The molecule has 6 heteroatoms. The lowest BCUT2D eigenvalue weighted by Gasteiger charge is -2.11. The number of nitrogens with one attached hydrogen (secondary N) is 1. The van der Waals surface area contributed by atoms with Gasteiger partial charge in [-0.1, -0.05) is 43.8 Å². The molecular formula is C19H20FN3OS. The number of halogens is 1. The number of imidazole rings is 1. The first-order chi connectivity index (χ1) is 11.9. The number of thioether (sulfide) groups is 1. The van der Waals surface area contributed by atoms with Crippen molar-refractivity contribution in [3.8, 4) is 0 Å². The second-order valence-corrected chi connectivity index (χ2v) is 7.71. The molecule has 0 aliphatic rings. The van der Waals surface area contributed by atoms with Gasteiger partial charge in [0.1, 0.15) is 12.4 Å². The van der Waals surface area contributed by atoms with Gasteiger partial charge in [0.2, 0.25) is 5.91 Å². The number of anilines is 1. The van der Waals surface area contributed by atoms with E-state index in [1.165, 1.54) is 6.07 Å². The van der Waals surface area contributed by atoms with Crippen molar-refractivity contribution in [1.82, 2.24) is 9.55 Å². The third-order valence-electron chi connectivity index (χ3n) is 3.66. The minimum absolute atomic E-state index is 0.0862. The standard InChI is InChI=1S/C19H20FN3OS/c1-12(2)25-19-22-16-6-4-5-7-17(16)23(19)11-18(24)21-15-9-8-13(3)10-14(15)20/h4-10,12H,11H2,1-3H3,(H,21,24). The van der Waals surface area contributed by atoms with Crippen LogP contribution in [-0.4, -0.2) is 20.7 Å². The molecule has 1 aromatic heterocycles. The molecule has 0 fully saturated rings. The molecule has 0 saturated carbocycles. The van der Waals surface area contributed by atoms with Gasteiger partial charge in [0.05, 0.1) is 16.7 Å². The summed E-state index contributed by atoms with van der Waals surface area (Å²) < 4.78 is 15.8. The van der Waals surface area contributed by atoms with Crippen molar-refractivity contribution in [2.75, 3.05) is 5.32 Å². The van der Waals surface area contributed by atoms with Crippen LogP contribution in [0.4, 0.5) is 10.1 Å². The van der Waals surface area contributed by atoms with Gasteiger partial charge in [-0.25, -0.2) is 9.37 Å². The molecule has 25 heavy (non-hydrogen) atoms. The van der Waals surface area contributed by atoms with Crippen LogP contribution >= 0.6 is 11.8 Å². The molecule has 130 valence electrons. The molecule has 0 atom stereocenters. The molecule has 0 unspecified atom stereocenters. The van der Waals surface area contributed by atoms with Crippen LogP contribution in [0.2, 0.25) is 0 Å². The summed E-state index contributed by atoms with van der Waals surface area (Å²) in [5, 5.41) is 3.78. The van der Waals surface area contributed by atoms with Crippen molar-refractivity contribution >= 4 is 34.4 Å². The van der Waals surface area contributed by atoms with Crippen molar-refractivity contribution in [2.45, 2.75) is 37.7 Å².